The summed E-state index contributed by atoms with van der Waals surface area (Å²) in [4.78, 5) is 69.5. The highest BCUT2D eigenvalue weighted by molar-refractivity contribution is 5.99. The van der Waals surface area contributed by atoms with E-state index in [1.807, 2.05) is 119 Å². The lowest BCUT2D eigenvalue weighted by Crippen LogP contribution is -2.53. The van der Waals surface area contributed by atoms with E-state index in [4.69, 9.17) is 0 Å². The Bertz CT molecular complexity index is 2250. The zero-order valence-corrected chi connectivity index (χ0v) is 36.8. The normalized spacial score (nSPS) is 26.5. The number of nitrogens with zero attached hydrogens (tertiary/aromatic N) is 6. The average molecular weight is 859 g/mol. The lowest BCUT2D eigenvalue weighted by Gasteiger charge is -2.39. The molecule has 64 heavy (non-hydrogen) atoms. The van der Waals surface area contributed by atoms with E-state index < -0.39 is 24.2 Å². The van der Waals surface area contributed by atoms with E-state index >= 15 is 0 Å². The van der Waals surface area contributed by atoms with Crippen LogP contribution in [0.4, 0.5) is 11.4 Å². The first-order valence-corrected chi connectivity index (χ1v) is 23.1. The predicted molar refractivity (Wildman–Crippen MR) is 247 cm³/mol. The molecule has 0 radical (unpaired) electrons. The summed E-state index contributed by atoms with van der Waals surface area (Å²) < 4.78 is 0. The number of fused-ring (bicyclic) bond motifs is 4. The number of hydrogen-bond donors (Lipinski definition) is 2. The number of piperazine rings is 2. The molecule has 4 amide bonds. The van der Waals surface area contributed by atoms with Crippen LogP contribution < -0.4 is 10.6 Å². The number of carbonyl (C=O) groups is 4. The minimum atomic E-state index is -0.530. The number of amides is 4. The van der Waals surface area contributed by atoms with Crippen LogP contribution in [-0.4, -0.2) is 143 Å². The van der Waals surface area contributed by atoms with Crippen molar-refractivity contribution in [2.75, 3.05) is 64.0 Å². The van der Waals surface area contributed by atoms with E-state index in [1.165, 1.54) is 0 Å². The first kappa shape index (κ1) is 42.1. The van der Waals surface area contributed by atoms with Crippen LogP contribution in [0.3, 0.4) is 0 Å². The molecule has 330 valence electrons. The SMILES string of the molecule is CN1CC2C[C@H]1CN2C(C(=O)N1CCC[C@@H]1C(=O)Nc1ccc(C#Cc2ccc(NC(=O)[C@@H]3CCCN3C(=O)C(c3ccccc3)N3C[C@@H]4CC3CN4C)cc2)cc1)c1ccccc1. The van der Waals surface area contributed by atoms with Gasteiger partial charge in [0, 0.05) is 85.9 Å². The number of anilines is 2. The van der Waals surface area contributed by atoms with Gasteiger partial charge >= 0.3 is 0 Å². The fourth-order valence-corrected chi connectivity index (χ4v) is 11.4. The van der Waals surface area contributed by atoms with Gasteiger partial charge < -0.3 is 30.2 Å². The van der Waals surface area contributed by atoms with Gasteiger partial charge in [-0.15, -0.1) is 0 Å². The van der Waals surface area contributed by atoms with Crippen LogP contribution in [0.5, 0.6) is 0 Å². The van der Waals surface area contributed by atoms with Crippen molar-refractivity contribution in [1.82, 2.24) is 29.4 Å². The highest BCUT2D eigenvalue weighted by Gasteiger charge is 2.50. The van der Waals surface area contributed by atoms with Gasteiger partial charge in [-0.05, 0) is 112 Å². The Hall–Kier alpha value is -5.84. The van der Waals surface area contributed by atoms with E-state index in [9.17, 15) is 19.2 Å². The summed E-state index contributed by atoms with van der Waals surface area (Å²) in [5.41, 5.74) is 4.86. The molecule has 6 fully saturated rings. The summed E-state index contributed by atoms with van der Waals surface area (Å²) in [6.07, 6.45) is 4.98. The Morgan fingerprint density at radius 3 is 1.25 bits per heavy atom. The minimum absolute atomic E-state index is 0.0115. The topological polar surface area (TPSA) is 112 Å². The fraction of sp³-hybridized carbons (Fsp3) is 0.423. The largest absolute Gasteiger partial charge is 0.329 e. The van der Waals surface area contributed by atoms with Crippen molar-refractivity contribution < 1.29 is 19.2 Å². The molecule has 12 heteroatoms. The van der Waals surface area contributed by atoms with Gasteiger partial charge in [0.2, 0.25) is 23.6 Å². The van der Waals surface area contributed by atoms with Gasteiger partial charge in [-0.2, -0.15) is 0 Å². The van der Waals surface area contributed by atoms with Crippen molar-refractivity contribution in [1.29, 1.82) is 0 Å². The first-order valence-electron chi connectivity index (χ1n) is 23.1. The van der Waals surface area contributed by atoms with Crippen LogP contribution in [0.1, 0.15) is 72.9 Å². The number of rotatable bonds is 10. The number of nitrogens with one attached hydrogen (secondary N) is 2. The van der Waals surface area contributed by atoms with Crippen molar-refractivity contribution in [2.45, 2.75) is 86.9 Å². The Morgan fingerprint density at radius 2 is 0.906 bits per heavy atom. The smallest absolute Gasteiger partial charge is 0.247 e. The van der Waals surface area contributed by atoms with Gasteiger partial charge in [0.25, 0.3) is 0 Å². The van der Waals surface area contributed by atoms with Gasteiger partial charge in [-0.1, -0.05) is 72.5 Å². The summed E-state index contributed by atoms with van der Waals surface area (Å²) in [5.74, 6) is 6.10. The van der Waals surface area contributed by atoms with Gasteiger partial charge in [0.1, 0.15) is 24.2 Å². The molecule has 6 heterocycles. The minimum Gasteiger partial charge on any atom is -0.329 e. The monoisotopic (exact) mass is 858 g/mol. The van der Waals surface area contributed by atoms with Crippen LogP contribution >= 0.6 is 0 Å². The third-order valence-electron chi connectivity index (χ3n) is 14.8. The van der Waals surface area contributed by atoms with E-state index in [1.54, 1.807) is 0 Å². The van der Waals surface area contributed by atoms with Gasteiger partial charge in [0.05, 0.1) is 0 Å². The van der Waals surface area contributed by atoms with Crippen molar-refractivity contribution in [2.24, 2.45) is 0 Å². The van der Waals surface area contributed by atoms with Gasteiger partial charge in [0.15, 0.2) is 0 Å². The molecule has 4 aromatic carbocycles. The second-order valence-corrected chi connectivity index (χ2v) is 18.7. The van der Waals surface area contributed by atoms with Crippen LogP contribution in [0.15, 0.2) is 109 Å². The second kappa shape index (κ2) is 18.0. The van der Waals surface area contributed by atoms with Gasteiger partial charge in [-0.25, -0.2) is 0 Å². The summed E-state index contributed by atoms with van der Waals surface area (Å²) in [5, 5.41) is 6.15. The molecule has 0 aromatic heterocycles. The van der Waals surface area contributed by atoms with E-state index in [0.29, 0.717) is 61.5 Å². The Morgan fingerprint density at radius 1 is 0.516 bits per heavy atom. The summed E-state index contributed by atoms with van der Waals surface area (Å²) >= 11 is 0. The molecule has 2 N–H and O–H groups in total. The maximum Gasteiger partial charge on any atom is 0.247 e. The molecule has 0 aliphatic carbocycles. The Labute approximate surface area is 376 Å². The van der Waals surface area contributed by atoms with E-state index in [-0.39, 0.29) is 23.6 Å². The fourth-order valence-electron chi connectivity index (χ4n) is 11.4. The number of hydrogen-bond acceptors (Lipinski definition) is 8. The Kier molecular flexibility index (Phi) is 11.8. The van der Waals surface area contributed by atoms with Crippen molar-refractivity contribution >= 4 is 35.0 Å². The highest BCUT2D eigenvalue weighted by Crippen LogP contribution is 2.40. The molecule has 0 saturated carbocycles. The molecule has 6 aliphatic heterocycles. The molecule has 6 saturated heterocycles. The average Bonchev–Trinajstić information content (AvgIpc) is 4.19. The molecule has 10 rings (SSSR count). The molecular weight excluding hydrogens is 801 g/mol. The summed E-state index contributed by atoms with van der Waals surface area (Å²) in [6.45, 7) is 4.76. The molecule has 4 bridgehead atoms. The number of benzene rings is 4. The maximum atomic E-state index is 14.4. The molecule has 4 aromatic rings. The van der Waals surface area contributed by atoms with Crippen LogP contribution in [0.25, 0.3) is 0 Å². The quantitative estimate of drug-likeness (QED) is 0.210. The molecule has 6 aliphatic rings. The second-order valence-electron chi connectivity index (χ2n) is 18.7. The highest BCUT2D eigenvalue weighted by atomic mass is 16.2. The van der Waals surface area contributed by atoms with Gasteiger partial charge in [-0.3, -0.25) is 29.0 Å². The first-order chi connectivity index (χ1) is 31.2. The van der Waals surface area contributed by atoms with Crippen molar-refractivity contribution in [3.05, 3.63) is 131 Å². The number of carbonyl (C=O) groups excluding carboxylic acids is 4. The summed E-state index contributed by atoms with van der Waals surface area (Å²) in [6, 6.07) is 34.7. The maximum absolute atomic E-state index is 14.4. The van der Waals surface area contributed by atoms with E-state index in [0.717, 1.165) is 74.1 Å². The lowest BCUT2D eigenvalue weighted by atomic mass is 10.0. The zero-order chi connectivity index (χ0) is 43.9. The molecular formula is C52H58N8O4. The number of likely N-dealkylation sites (N-methyl/N-ethyl adjacent to an activating group) is 2. The molecule has 4 unspecified atom stereocenters. The Balaban J connectivity index is 0.746. The summed E-state index contributed by atoms with van der Waals surface area (Å²) in [7, 11) is 4.33. The van der Waals surface area contributed by atoms with Crippen LogP contribution in [-0.2, 0) is 19.2 Å². The van der Waals surface area contributed by atoms with E-state index in [2.05, 4.69) is 56.2 Å². The molecule has 0 spiro atoms. The van der Waals surface area contributed by atoms with Crippen molar-refractivity contribution in [3.63, 3.8) is 0 Å². The third kappa shape index (κ3) is 8.34. The third-order valence-corrected chi connectivity index (χ3v) is 14.8. The molecule has 8 atom stereocenters. The number of likely N-dealkylation sites (tertiary alicyclic amines) is 6. The standard InChI is InChI=1S/C52H58N8O4/c1-55-31-43-29-41(55)33-59(43)47(37-11-5-3-6-12-37)51(63)57-27-9-15-45(57)49(61)53-39-23-19-35(20-24-39)17-18-36-21-25-40(26-22-36)54-50(62)46-16-10-28-58(46)52(64)48(38-13-7-4-8-14-38)60-34-42-30-44(60)32-56(42)2/h3-8,11-14,19-26,41-48H,9-10,15-16,27-34H2,1-2H3,(H,53,61)(H,54,62)/t41-,42-,43?,44?,45-,46+,47?,48?/m0/s1. The predicted octanol–water partition coefficient (Wildman–Crippen LogP) is 5.20. The van der Waals surface area contributed by atoms with Crippen molar-refractivity contribution in [3.8, 4) is 11.8 Å². The lowest BCUT2D eigenvalue weighted by molar-refractivity contribution is -0.142. The van der Waals surface area contributed by atoms with Crippen LogP contribution in [0.2, 0.25) is 0 Å². The zero-order valence-electron chi connectivity index (χ0n) is 36.8. The molecule has 12 nitrogen and oxygen atoms in total. The van der Waals surface area contributed by atoms with Crippen LogP contribution in [0, 0.1) is 11.8 Å².